The molecule has 0 aliphatic carbocycles. The zero-order chi connectivity index (χ0) is 17.5. The lowest BCUT2D eigenvalue weighted by molar-refractivity contribution is -0.127. The second kappa shape index (κ2) is 9.07. The maximum Gasteiger partial charge on any atom is 0.260 e. The molecule has 1 amide bonds. The highest BCUT2D eigenvalue weighted by atomic mass is 16.5. The standard InChI is InChI=1S/C20H32N2O2/c1-15(2)18-7-5-6-8-19(18)24-16(3)20(23)21-12-9-17-10-13-22(4)14-11-17/h5-8,15-17H,9-14H2,1-4H3,(H,21,23). The second-order valence-corrected chi connectivity index (χ2v) is 7.28. The molecule has 134 valence electrons. The lowest BCUT2D eigenvalue weighted by atomic mass is 9.94. The molecule has 1 N–H and O–H groups in total. The van der Waals surface area contributed by atoms with E-state index < -0.39 is 6.10 Å². The van der Waals surface area contributed by atoms with E-state index in [1.165, 1.54) is 25.9 Å². The number of ether oxygens (including phenoxy) is 1. The number of nitrogens with zero attached hydrogens (tertiary/aromatic N) is 1. The molecule has 0 bridgehead atoms. The summed E-state index contributed by atoms with van der Waals surface area (Å²) in [5.41, 5.74) is 1.14. The first-order valence-electron chi connectivity index (χ1n) is 9.19. The quantitative estimate of drug-likeness (QED) is 0.832. The Morgan fingerprint density at radius 1 is 1.25 bits per heavy atom. The van der Waals surface area contributed by atoms with Crippen LogP contribution < -0.4 is 10.1 Å². The minimum Gasteiger partial charge on any atom is -0.481 e. The SMILES string of the molecule is CC(Oc1ccccc1C(C)C)C(=O)NCCC1CCN(C)CC1. The molecule has 1 aliphatic heterocycles. The van der Waals surface area contributed by atoms with Crippen LogP contribution >= 0.6 is 0 Å². The Bertz CT molecular complexity index is 522. The third-order valence-corrected chi connectivity index (χ3v) is 4.90. The van der Waals surface area contributed by atoms with E-state index in [-0.39, 0.29) is 5.91 Å². The van der Waals surface area contributed by atoms with Crippen molar-refractivity contribution in [1.82, 2.24) is 10.2 Å². The predicted octanol–water partition coefficient (Wildman–Crippen LogP) is 3.43. The van der Waals surface area contributed by atoms with Gasteiger partial charge in [0.1, 0.15) is 5.75 Å². The monoisotopic (exact) mass is 332 g/mol. The maximum atomic E-state index is 12.3. The van der Waals surface area contributed by atoms with Crippen molar-refractivity contribution in [2.75, 3.05) is 26.7 Å². The van der Waals surface area contributed by atoms with E-state index in [0.717, 1.165) is 30.2 Å². The number of rotatable bonds is 7. The molecule has 4 nitrogen and oxygen atoms in total. The molecule has 1 heterocycles. The van der Waals surface area contributed by atoms with Crippen LogP contribution in [-0.4, -0.2) is 43.6 Å². The van der Waals surface area contributed by atoms with Crippen LogP contribution in [0, 0.1) is 5.92 Å². The summed E-state index contributed by atoms with van der Waals surface area (Å²) in [7, 11) is 2.17. The highest BCUT2D eigenvalue weighted by Crippen LogP contribution is 2.26. The fourth-order valence-electron chi connectivity index (χ4n) is 3.20. The molecule has 24 heavy (non-hydrogen) atoms. The van der Waals surface area contributed by atoms with Crippen molar-refractivity contribution in [2.45, 2.75) is 52.1 Å². The van der Waals surface area contributed by atoms with Crippen LogP contribution in [0.1, 0.15) is 51.5 Å². The highest BCUT2D eigenvalue weighted by molar-refractivity contribution is 5.80. The van der Waals surface area contributed by atoms with Gasteiger partial charge in [-0.2, -0.15) is 0 Å². The average Bonchev–Trinajstić information content (AvgIpc) is 2.56. The summed E-state index contributed by atoms with van der Waals surface area (Å²) in [4.78, 5) is 14.7. The van der Waals surface area contributed by atoms with Crippen molar-refractivity contribution in [3.8, 4) is 5.75 Å². The number of carbonyl (C=O) groups is 1. The second-order valence-electron chi connectivity index (χ2n) is 7.28. The number of likely N-dealkylation sites (tertiary alicyclic amines) is 1. The Kier molecular flexibility index (Phi) is 7.10. The van der Waals surface area contributed by atoms with Gasteiger partial charge < -0.3 is 15.0 Å². The Morgan fingerprint density at radius 3 is 2.58 bits per heavy atom. The van der Waals surface area contributed by atoms with Crippen molar-refractivity contribution >= 4 is 5.91 Å². The maximum absolute atomic E-state index is 12.3. The molecule has 1 atom stereocenters. The zero-order valence-corrected chi connectivity index (χ0v) is 15.5. The van der Waals surface area contributed by atoms with E-state index in [2.05, 4.69) is 37.2 Å². The van der Waals surface area contributed by atoms with Gasteiger partial charge in [-0.05, 0) is 69.8 Å². The van der Waals surface area contributed by atoms with Crippen molar-refractivity contribution in [3.05, 3.63) is 29.8 Å². The van der Waals surface area contributed by atoms with Gasteiger partial charge in [-0.25, -0.2) is 0 Å². The molecule has 4 heteroatoms. The topological polar surface area (TPSA) is 41.6 Å². The van der Waals surface area contributed by atoms with E-state index in [4.69, 9.17) is 4.74 Å². The van der Waals surface area contributed by atoms with Gasteiger partial charge in [0.25, 0.3) is 5.91 Å². The normalized spacial score (nSPS) is 17.7. The minimum absolute atomic E-state index is 0.0264. The molecular weight excluding hydrogens is 300 g/mol. The minimum atomic E-state index is -0.470. The number of nitrogens with one attached hydrogen (secondary N) is 1. The summed E-state index contributed by atoms with van der Waals surface area (Å²) < 4.78 is 5.91. The summed E-state index contributed by atoms with van der Waals surface area (Å²) in [6, 6.07) is 7.96. The van der Waals surface area contributed by atoms with E-state index in [9.17, 15) is 4.79 Å². The van der Waals surface area contributed by atoms with Crippen LogP contribution in [-0.2, 0) is 4.79 Å². The highest BCUT2D eigenvalue weighted by Gasteiger charge is 2.19. The Balaban J connectivity index is 1.76. The van der Waals surface area contributed by atoms with E-state index >= 15 is 0 Å². The number of para-hydroxylation sites is 1. The lowest BCUT2D eigenvalue weighted by Crippen LogP contribution is -2.38. The Labute approximate surface area is 146 Å². The van der Waals surface area contributed by atoms with E-state index in [1.54, 1.807) is 0 Å². The largest absolute Gasteiger partial charge is 0.481 e. The zero-order valence-electron chi connectivity index (χ0n) is 15.5. The van der Waals surface area contributed by atoms with E-state index in [0.29, 0.717) is 5.92 Å². The number of hydrogen-bond donors (Lipinski definition) is 1. The van der Waals surface area contributed by atoms with Crippen LogP contribution in [0.25, 0.3) is 0 Å². The molecular formula is C20H32N2O2. The number of amides is 1. The number of hydrogen-bond acceptors (Lipinski definition) is 3. The summed E-state index contributed by atoms with van der Waals surface area (Å²) in [5, 5.41) is 3.03. The van der Waals surface area contributed by atoms with Crippen molar-refractivity contribution in [2.24, 2.45) is 5.92 Å². The first-order valence-corrected chi connectivity index (χ1v) is 9.19. The fraction of sp³-hybridized carbons (Fsp3) is 0.650. The molecule has 1 saturated heterocycles. The van der Waals surface area contributed by atoms with Crippen molar-refractivity contribution in [1.29, 1.82) is 0 Å². The first-order chi connectivity index (χ1) is 11.5. The van der Waals surface area contributed by atoms with Gasteiger partial charge in [-0.1, -0.05) is 32.0 Å². The van der Waals surface area contributed by atoms with Crippen molar-refractivity contribution in [3.63, 3.8) is 0 Å². The van der Waals surface area contributed by atoms with Crippen LogP contribution in [0.4, 0.5) is 0 Å². The number of benzene rings is 1. The third kappa shape index (κ3) is 5.52. The molecule has 0 spiro atoms. The van der Waals surface area contributed by atoms with Crippen molar-refractivity contribution < 1.29 is 9.53 Å². The molecule has 0 radical (unpaired) electrons. The third-order valence-electron chi connectivity index (χ3n) is 4.90. The van der Waals surface area contributed by atoms with Gasteiger partial charge in [-0.15, -0.1) is 0 Å². The smallest absolute Gasteiger partial charge is 0.260 e. The predicted molar refractivity (Wildman–Crippen MR) is 98.5 cm³/mol. The lowest BCUT2D eigenvalue weighted by Gasteiger charge is -2.29. The number of carbonyl (C=O) groups excluding carboxylic acids is 1. The van der Waals surface area contributed by atoms with Gasteiger partial charge in [0.15, 0.2) is 6.10 Å². The van der Waals surface area contributed by atoms with Crippen LogP contribution in [0.2, 0.25) is 0 Å². The average molecular weight is 332 g/mol. The van der Waals surface area contributed by atoms with E-state index in [1.807, 2.05) is 25.1 Å². The van der Waals surface area contributed by atoms with Crippen LogP contribution in [0.15, 0.2) is 24.3 Å². The molecule has 0 saturated carbocycles. The van der Waals surface area contributed by atoms with Crippen LogP contribution in [0.3, 0.4) is 0 Å². The summed E-state index contributed by atoms with van der Waals surface area (Å²) in [6.45, 7) is 9.17. The van der Waals surface area contributed by atoms with Crippen LogP contribution in [0.5, 0.6) is 5.75 Å². The van der Waals surface area contributed by atoms with Gasteiger partial charge in [0.05, 0.1) is 0 Å². The fourth-order valence-corrected chi connectivity index (χ4v) is 3.20. The number of piperidine rings is 1. The Hall–Kier alpha value is -1.55. The van der Waals surface area contributed by atoms with Gasteiger partial charge in [0.2, 0.25) is 0 Å². The molecule has 0 aromatic heterocycles. The summed E-state index contributed by atoms with van der Waals surface area (Å²) in [5.74, 6) is 1.90. The molecule has 1 unspecified atom stereocenters. The van der Waals surface area contributed by atoms with Gasteiger partial charge in [-0.3, -0.25) is 4.79 Å². The molecule has 2 rings (SSSR count). The molecule has 1 aliphatic rings. The summed E-state index contributed by atoms with van der Waals surface area (Å²) in [6.07, 6.45) is 3.07. The summed E-state index contributed by atoms with van der Waals surface area (Å²) >= 11 is 0. The first kappa shape index (κ1) is 18.8. The molecule has 1 aromatic carbocycles. The Morgan fingerprint density at radius 2 is 1.92 bits per heavy atom. The van der Waals surface area contributed by atoms with Gasteiger partial charge in [0, 0.05) is 6.54 Å². The molecule has 1 fully saturated rings. The van der Waals surface area contributed by atoms with Gasteiger partial charge >= 0.3 is 0 Å². The molecule has 1 aromatic rings.